The van der Waals surface area contributed by atoms with Crippen LogP contribution in [0.4, 0.5) is 17.1 Å². The molecule has 0 atom stereocenters. The van der Waals surface area contributed by atoms with Crippen LogP contribution < -0.4 is 4.90 Å². The number of rotatable bonds is 4. The number of hydrogen-bond acceptors (Lipinski definition) is 5. The summed E-state index contributed by atoms with van der Waals surface area (Å²) in [5.41, 5.74) is 5.92. The standard InChI is InChI=1S/C45H26N2OS2/c1-3-9-30-23-41-37(21-28(30)7-1)35-19-17-33(25-43(35)49-41)47(32-15-13-27(14-16-32)45-46-39-11-5-6-12-40(39)48-45)34-18-20-36-38-22-29-8-2-4-10-31(29)24-42(38)50-44(36)26-34/h1-26H. The molecule has 0 N–H and O–H groups in total. The number of aromatic nitrogens is 1. The maximum Gasteiger partial charge on any atom is 0.227 e. The highest BCUT2D eigenvalue weighted by Crippen LogP contribution is 2.44. The number of nitrogens with zero attached hydrogens (tertiary/aromatic N) is 2. The molecule has 3 heterocycles. The maximum atomic E-state index is 6.11. The zero-order chi connectivity index (χ0) is 32.8. The van der Waals surface area contributed by atoms with Gasteiger partial charge in [0, 0.05) is 63.0 Å². The first-order chi connectivity index (χ1) is 24.7. The predicted octanol–water partition coefficient (Wildman–Crippen LogP) is 14.0. The summed E-state index contributed by atoms with van der Waals surface area (Å²) in [5, 5.41) is 10.3. The van der Waals surface area contributed by atoms with E-state index in [1.165, 1.54) is 61.9 Å². The third kappa shape index (κ3) is 4.37. The average Bonchev–Trinajstić information content (AvgIpc) is 3.85. The van der Waals surface area contributed by atoms with Crippen molar-refractivity contribution in [2.75, 3.05) is 4.90 Å². The van der Waals surface area contributed by atoms with Crippen LogP contribution in [0.15, 0.2) is 162 Å². The van der Waals surface area contributed by atoms with Gasteiger partial charge in [0.15, 0.2) is 5.58 Å². The van der Waals surface area contributed by atoms with E-state index in [1.54, 1.807) is 0 Å². The second kappa shape index (κ2) is 10.7. The van der Waals surface area contributed by atoms with Crippen molar-refractivity contribution in [3.05, 3.63) is 158 Å². The molecule has 0 spiro atoms. The van der Waals surface area contributed by atoms with E-state index in [4.69, 9.17) is 9.40 Å². The van der Waals surface area contributed by atoms with Crippen molar-refractivity contribution < 1.29 is 4.42 Å². The van der Waals surface area contributed by atoms with E-state index in [-0.39, 0.29) is 0 Å². The van der Waals surface area contributed by atoms with Gasteiger partial charge < -0.3 is 9.32 Å². The second-order valence-electron chi connectivity index (χ2n) is 12.8. The van der Waals surface area contributed by atoms with Crippen LogP contribution >= 0.6 is 22.7 Å². The summed E-state index contributed by atoms with van der Waals surface area (Å²) in [7, 11) is 0. The van der Waals surface area contributed by atoms with Crippen molar-refractivity contribution in [1.29, 1.82) is 0 Å². The van der Waals surface area contributed by atoms with Gasteiger partial charge in [-0.1, -0.05) is 72.8 Å². The molecule has 234 valence electrons. The van der Waals surface area contributed by atoms with Gasteiger partial charge in [-0.3, -0.25) is 0 Å². The quantitative estimate of drug-likeness (QED) is 0.186. The normalized spacial score (nSPS) is 12.0. The maximum absolute atomic E-state index is 6.11. The van der Waals surface area contributed by atoms with Crippen molar-refractivity contribution in [1.82, 2.24) is 4.98 Å². The van der Waals surface area contributed by atoms with Crippen LogP contribution in [0.3, 0.4) is 0 Å². The number of oxazole rings is 1. The van der Waals surface area contributed by atoms with E-state index in [1.807, 2.05) is 46.9 Å². The van der Waals surface area contributed by atoms with Gasteiger partial charge in [0.2, 0.25) is 5.89 Å². The molecule has 3 aromatic heterocycles. The third-order valence-corrected chi connectivity index (χ3v) is 12.1. The lowest BCUT2D eigenvalue weighted by Crippen LogP contribution is -2.09. The lowest BCUT2D eigenvalue weighted by Gasteiger charge is -2.26. The van der Waals surface area contributed by atoms with Gasteiger partial charge in [0.25, 0.3) is 0 Å². The molecule has 11 rings (SSSR count). The molecule has 0 radical (unpaired) electrons. The Hall–Kier alpha value is -6.01. The number of benzene rings is 8. The Kier molecular flexibility index (Phi) is 5.99. The molecule has 0 fully saturated rings. The molecule has 0 aliphatic heterocycles. The van der Waals surface area contributed by atoms with Crippen molar-refractivity contribution >= 4 is 113 Å². The monoisotopic (exact) mass is 674 g/mol. The lowest BCUT2D eigenvalue weighted by molar-refractivity contribution is 0.620. The Balaban J connectivity index is 1.08. The topological polar surface area (TPSA) is 29.3 Å². The first-order valence-corrected chi connectivity index (χ1v) is 18.3. The molecule has 0 saturated carbocycles. The molecule has 5 heteroatoms. The Morgan fingerprint density at radius 2 is 0.900 bits per heavy atom. The summed E-state index contributed by atoms with van der Waals surface area (Å²) in [5.74, 6) is 0.627. The summed E-state index contributed by atoms with van der Waals surface area (Å²) in [6.45, 7) is 0. The molecule has 0 bridgehead atoms. The fourth-order valence-electron chi connectivity index (χ4n) is 7.38. The molecule has 11 aromatic rings. The van der Waals surface area contributed by atoms with Gasteiger partial charge in [0.1, 0.15) is 5.52 Å². The SMILES string of the molecule is c1ccc2cc3c(cc2c1)sc1cc(N(c2ccc(-c4nc5ccccc5o4)cc2)c2ccc4c(c2)sc2cc5ccccc5cc24)ccc13. The first-order valence-electron chi connectivity index (χ1n) is 16.7. The van der Waals surface area contributed by atoms with Gasteiger partial charge in [-0.25, -0.2) is 4.98 Å². The van der Waals surface area contributed by atoms with Gasteiger partial charge in [-0.15, -0.1) is 22.7 Å². The smallest absolute Gasteiger partial charge is 0.227 e. The van der Waals surface area contributed by atoms with Crippen molar-refractivity contribution in [3.8, 4) is 11.5 Å². The van der Waals surface area contributed by atoms with Crippen LogP contribution in [-0.2, 0) is 0 Å². The van der Waals surface area contributed by atoms with Gasteiger partial charge in [0.05, 0.1) is 0 Å². The summed E-state index contributed by atoms with van der Waals surface area (Å²) in [4.78, 5) is 7.12. The number of hydrogen-bond donors (Lipinski definition) is 0. The Morgan fingerprint density at radius 3 is 1.46 bits per heavy atom. The Morgan fingerprint density at radius 1 is 0.420 bits per heavy atom. The fraction of sp³-hybridized carbons (Fsp3) is 0. The number of anilines is 3. The highest BCUT2D eigenvalue weighted by molar-refractivity contribution is 7.26. The third-order valence-electron chi connectivity index (χ3n) is 9.83. The van der Waals surface area contributed by atoms with E-state index < -0.39 is 0 Å². The second-order valence-corrected chi connectivity index (χ2v) is 15.0. The summed E-state index contributed by atoms with van der Waals surface area (Å²) >= 11 is 3.72. The molecule has 8 aromatic carbocycles. The van der Waals surface area contributed by atoms with E-state index in [2.05, 4.69) is 138 Å². The van der Waals surface area contributed by atoms with Crippen molar-refractivity contribution in [2.45, 2.75) is 0 Å². The number of fused-ring (bicyclic) bond motifs is 9. The average molecular weight is 675 g/mol. The van der Waals surface area contributed by atoms with Crippen LogP contribution in [0.1, 0.15) is 0 Å². The van der Waals surface area contributed by atoms with E-state index in [0.29, 0.717) is 5.89 Å². The van der Waals surface area contributed by atoms with Crippen LogP contribution in [-0.4, -0.2) is 4.98 Å². The Bertz CT molecular complexity index is 2930. The summed E-state index contributed by atoms with van der Waals surface area (Å²) < 4.78 is 11.3. The molecule has 50 heavy (non-hydrogen) atoms. The molecule has 0 saturated heterocycles. The Labute approximate surface area is 294 Å². The van der Waals surface area contributed by atoms with Gasteiger partial charge in [-0.2, -0.15) is 0 Å². The van der Waals surface area contributed by atoms with Crippen molar-refractivity contribution in [3.63, 3.8) is 0 Å². The number of thiophene rings is 2. The molecular formula is C45H26N2OS2. The van der Waals surface area contributed by atoms with Crippen LogP contribution in [0, 0.1) is 0 Å². The summed E-state index contributed by atoms with van der Waals surface area (Å²) in [6, 6.07) is 56.9. The highest BCUT2D eigenvalue weighted by atomic mass is 32.1. The van der Waals surface area contributed by atoms with E-state index in [0.717, 1.165) is 33.7 Å². The predicted molar refractivity (Wildman–Crippen MR) is 215 cm³/mol. The van der Waals surface area contributed by atoms with E-state index >= 15 is 0 Å². The molecule has 0 unspecified atom stereocenters. The van der Waals surface area contributed by atoms with Crippen LogP contribution in [0.5, 0.6) is 0 Å². The van der Waals surface area contributed by atoms with Gasteiger partial charge in [-0.05, 0) is 106 Å². The molecule has 0 aliphatic rings. The van der Waals surface area contributed by atoms with Gasteiger partial charge >= 0.3 is 0 Å². The zero-order valence-corrected chi connectivity index (χ0v) is 28.3. The zero-order valence-electron chi connectivity index (χ0n) is 26.6. The summed E-state index contributed by atoms with van der Waals surface area (Å²) in [6.07, 6.45) is 0. The molecule has 3 nitrogen and oxygen atoms in total. The minimum absolute atomic E-state index is 0.627. The van der Waals surface area contributed by atoms with Crippen LogP contribution in [0.25, 0.3) is 84.4 Å². The minimum atomic E-state index is 0.627. The first kappa shape index (κ1) is 27.9. The van der Waals surface area contributed by atoms with Crippen molar-refractivity contribution in [2.24, 2.45) is 0 Å². The molecule has 0 amide bonds. The fourth-order valence-corrected chi connectivity index (χ4v) is 9.71. The highest BCUT2D eigenvalue weighted by Gasteiger charge is 2.18. The molecular weight excluding hydrogens is 649 g/mol. The largest absolute Gasteiger partial charge is 0.436 e. The minimum Gasteiger partial charge on any atom is -0.436 e. The number of para-hydroxylation sites is 2. The van der Waals surface area contributed by atoms with Crippen LogP contribution in [0.2, 0.25) is 0 Å². The lowest BCUT2D eigenvalue weighted by atomic mass is 10.0. The van der Waals surface area contributed by atoms with E-state index in [9.17, 15) is 0 Å². The molecule has 0 aliphatic carbocycles.